The monoisotopic (exact) mass is 461 g/mol. The third-order valence-corrected chi connectivity index (χ3v) is 5.73. The lowest BCUT2D eigenvalue weighted by atomic mass is 10.0. The Morgan fingerprint density at radius 1 is 1.09 bits per heavy atom. The number of ether oxygens (including phenoxy) is 1. The lowest BCUT2D eigenvalue weighted by molar-refractivity contribution is -0.274. The van der Waals surface area contributed by atoms with Gasteiger partial charge in [0.1, 0.15) is 11.6 Å². The Morgan fingerprint density at radius 2 is 1.94 bits per heavy atom. The maximum atomic E-state index is 14.4. The Labute approximate surface area is 186 Å². The number of benzene rings is 2. The molecule has 0 saturated carbocycles. The lowest BCUT2D eigenvalue weighted by Gasteiger charge is -2.11. The molecule has 2 heterocycles. The van der Waals surface area contributed by atoms with Gasteiger partial charge in [0, 0.05) is 47.9 Å². The van der Waals surface area contributed by atoms with Gasteiger partial charge in [-0.05, 0) is 60.0 Å². The molecule has 9 heteroatoms. The first-order valence-corrected chi connectivity index (χ1v) is 10.5. The van der Waals surface area contributed by atoms with Crippen LogP contribution in [0.15, 0.2) is 72.0 Å². The van der Waals surface area contributed by atoms with Crippen LogP contribution in [0.1, 0.15) is 16.7 Å². The Kier molecular flexibility index (Phi) is 6.38. The summed E-state index contributed by atoms with van der Waals surface area (Å²) >= 11 is 1.52. The van der Waals surface area contributed by atoms with Crippen LogP contribution in [0.5, 0.6) is 5.75 Å². The summed E-state index contributed by atoms with van der Waals surface area (Å²) in [4.78, 5) is 5.12. The molecule has 0 radical (unpaired) electrons. The molecule has 32 heavy (non-hydrogen) atoms. The van der Waals surface area contributed by atoms with E-state index in [-0.39, 0.29) is 12.0 Å². The van der Waals surface area contributed by atoms with Gasteiger partial charge in [-0.3, -0.25) is 8.96 Å². The Hall–Kier alpha value is -3.04. The number of fused-ring (bicyclic) bond motifs is 1. The number of rotatable bonds is 7. The third kappa shape index (κ3) is 5.23. The summed E-state index contributed by atoms with van der Waals surface area (Å²) in [6, 6.07) is 12.9. The Bertz CT molecular complexity index is 1230. The zero-order chi connectivity index (χ0) is 22.7. The number of hydrogen-bond donors (Lipinski definition) is 1. The molecule has 0 amide bonds. The van der Waals surface area contributed by atoms with Crippen LogP contribution in [-0.2, 0) is 13.0 Å². The van der Waals surface area contributed by atoms with E-state index in [1.165, 1.54) is 18.0 Å². The molecular formula is C23H19F4N3OS. The van der Waals surface area contributed by atoms with Gasteiger partial charge >= 0.3 is 6.36 Å². The van der Waals surface area contributed by atoms with Crippen LogP contribution in [-0.4, -0.2) is 22.4 Å². The van der Waals surface area contributed by atoms with Gasteiger partial charge in [-0.1, -0.05) is 18.2 Å². The quantitative estimate of drug-likeness (QED) is 0.346. The molecule has 0 bridgehead atoms. The van der Waals surface area contributed by atoms with Crippen LogP contribution in [0.3, 0.4) is 0 Å². The fraction of sp³-hybridized carbons (Fsp3) is 0.174. The van der Waals surface area contributed by atoms with Crippen molar-refractivity contribution in [3.8, 4) is 5.75 Å². The van der Waals surface area contributed by atoms with E-state index in [0.29, 0.717) is 6.54 Å². The first kappa shape index (κ1) is 22.2. The number of nitrogens with zero attached hydrogens (tertiary/aromatic N) is 2. The van der Waals surface area contributed by atoms with E-state index in [4.69, 9.17) is 0 Å². The van der Waals surface area contributed by atoms with E-state index in [0.717, 1.165) is 39.1 Å². The van der Waals surface area contributed by atoms with E-state index in [9.17, 15) is 17.6 Å². The largest absolute Gasteiger partial charge is 0.573 e. The van der Waals surface area contributed by atoms with Crippen molar-refractivity contribution in [1.29, 1.82) is 0 Å². The second kappa shape index (κ2) is 9.22. The fourth-order valence-corrected chi connectivity index (χ4v) is 4.34. The lowest BCUT2D eigenvalue weighted by Crippen LogP contribution is -2.17. The highest BCUT2D eigenvalue weighted by atomic mass is 32.2. The number of alkyl halides is 3. The molecule has 2 aromatic carbocycles. The Morgan fingerprint density at radius 3 is 2.62 bits per heavy atom. The van der Waals surface area contributed by atoms with Gasteiger partial charge < -0.3 is 10.1 Å². The van der Waals surface area contributed by atoms with Gasteiger partial charge in [0.15, 0.2) is 0 Å². The highest BCUT2D eigenvalue weighted by Gasteiger charge is 2.31. The summed E-state index contributed by atoms with van der Waals surface area (Å²) in [6.07, 6.45) is 0.909. The van der Waals surface area contributed by atoms with Gasteiger partial charge in [0.25, 0.3) is 0 Å². The molecule has 0 aliphatic rings. The fourth-order valence-electron chi connectivity index (χ4n) is 3.43. The van der Waals surface area contributed by atoms with Crippen molar-refractivity contribution in [2.24, 2.45) is 0 Å². The summed E-state index contributed by atoms with van der Waals surface area (Å²) < 4.78 is 57.3. The van der Waals surface area contributed by atoms with E-state index in [1.54, 1.807) is 12.4 Å². The minimum atomic E-state index is -4.86. The summed E-state index contributed by atoms with van der Waals surface area (Å²) in [6.45, 7) is 0.686. The average Bonchev–Trinajstić information content (AvgIpc) is 3.07. The summed E-state index contributed by atoms with van der Waals surface area (Å²) in [7, 11) is 1.88. The molecule has 0 aliphatic carbocycles. The second-order valence-electron chi connectivity index (χ2n) is 7.12. The van der Waals surface area contributed by atoms with Gasteiger partial charge in [-0.2, -0.15) is 0 Å². The van der Waals surface area contributed by atoms with Gasteiger partial charge in [0.05, 0.1) is 5.52 Å². The predicted molar refractivity (Wildman–Crippen MR) is 116 cm³/mol. The van der Waals surface area contributed by atoms with Crippen molar-refractivity contribution in [3.05, 3.63) is 89.6 Å². The van der Waals surface area contributed by atoms with Gasteiger partial charge in [0.2, 0.25) is 0 Å². The van der Waals surface area contributed by atoms with Crippen LogP contribution in [0, 0.1) is 5.82 Å². The third-order valence-electron chi connectivity index (χ3n) is 4.78. The minimum absolute atomic E-state index is 0.234. The van der Waals surface area contributed by atoms with Crippen LogP contribution in [0.25, 0.3) is 10.9 Å². The molecule has 0 spiro atoms. The molecule has 4 aromatic rings. The van der Waals surface area contributed by atoms with Crippen molar-refractivity contribution < 1.29 is 22.3 Å². The zero-order valence-electron chi connectivity index (χ0n) is 17.0. The van der Waals surface area contributed by atoms with Crippen LogP contribution in [0.4, 0.5) is 17.6 Å². The summed E-state index contributed by atoms with van der Waals surface area (Å²) in [5.41, 5.74) is 3.19. The second-order valence-corrected chi connectivity index (χ2v) is 8.17. The van der Waals surface area contributed by atoms with Crippen molar-refractivity contribution >= 4 is 22.9 Å². The number of halogens is 4. The maximum absolute atomic E-state index is 14.4. The topological polar surface area (TPSA) is 39.1 Å². The molecule has 0 fully saturated rings. The van der Waals surface area contributed by atoms with E-state index < -0.39 is 17.9 Å². The number of hydrogen-bond acceptors (Lipinski definition) is 4. The predicted octanol–water partition coefficient (Wildman–Crippen LogP) is 5.94. The molecule has 166 valence electrons. The smallest absolute Gasteiger partial charge is 0.406 e. The molecule has 0 unspecified atom stereocenters. The van der Waals surface area contributed by atoms with Crippen LogP contribution < -0.4 is 10.1 Å². The molecule has 0 saturated heterocycles. The molecule has 4 nitrogen and oxygen atoms in total. The first-order valence-electron chi connectivity index (χ1n) is 9.72. The molecule has 0 atom stereocenters. The minimum Gasteiger partial charge on any atom is -0.406 e. The molecule has 2 aromatic heterocycles. The SMILES string of the molecule is CNCc1cn(Sc2cccnc2)c2cc(Cc3ccc(OC(F)(F)F)cc3F)ccc12. The molecule has 1 N–H and O–H groups in total. The molecular weight excluding hydrogens is 442 g/mol. The average molecular weight is 461 g/mol. The van der Waals surface area contributed by atoms with Crippen molar-refractivity contribution in [1.82, 2.24) is 14.3 Å². The van der Waals surface area contributed by atoms with E-state index in [1.807, 2.05) is 47.5 Å². The highest BCUT2D eigenvalue weighted by molar-refractivity contribution is 7.98. The Balaban J connectivity index is 1.64. The first-order chi connectivity index (χ1) is 15.3. The van der Waals surface area contributed by atoms with Crippen molar-refractivity contribution in [2.75, 3.05) is 7.05 Å². The standard InChI is InChI=1S/C23H19F4N3OS/c1-28-12-17-14-30(32-19-3-2-8-29-13-19)22-10-15(4-7-20(17)22)9-16-5-6-18(11-21(16)24)31-23(25,26)27/h2-8,10-11,13-14,28H,9,12H2,1H3. The van der Waals surface area contributed by atoms with Crippen LogP contribution >= 0.6 is 11.9 Å². The van der Waals surface area contributed by atoms with E-state index in [2.05, 4.69) is 15.0 Å². The normalized spacial score (nSPS) is 11.8. The van der Waals surface area contributed by atoms with Gasteiger partial charge in [-0.25, -0.2) is 4.39 Å². The van der Waals surface area contributed by atoms with Crippen molar-refractivity contribution in [2.45, 2.75) is 24.2 Å². The summed E-state index contributed by atoms with van der Waals surface area (Å²) in [5, 5.41) is 4.22. The van der Waals surface area contributed by atoms with Gasteiger partial charge in [-0.15, -0.1) is 13.2 Å². The van der Waals surface area contributed by atoms with E-state index >= 15 is 0 Å². The molecule has 4 rings (SSSR count). The van der Waals surface area contributed by atoms with Crippen LogP contribution in [0.2, 0.25) is 0 Å². The maximum Gasteiger partial charge on any atom is 0.573 e. The molecule has 0 aliphatic heterocycles. The highest BCUT2D eigenvalue weighted by Crippen LogP contribution is 2.31. The summed E-state index contributed by atoms with van der Waals surface area (Å²) in [5.74, 6) is -1.32. The van der Waals surface area contributed by atoms with Crippen molar-refractivity contribution in [3.63, 3.8) is 0 Å². The number of aromatic nitrogens is 2. The zero-order valence-corrected chi connectivity index (χ0v) is 17.8. The number of nitrogens with one attached hydrogen (secondary N) is 1. The number of pyridine rings is 1.